The van der Waals surface area contributed by atoms with Crippen LogP contribution in [0.15, 0.2) is 23.3 Å². The molecule has 0 saturated heterocycles. The monoisotopic (exact) mass is 192 g/mol. The van der Waals surface area contributed by atoms with E-state index in [1.165, 1.54) is 11.1 Å². The van der Waals surface area contributed by atoms with Gasteiger partial charge in [-0.15, -0.1) is 0 Å². The molecule has 0 aliphatic heterocycles. The first-order valence-corrected chi connectivity index (χ1v) is 4.57. The molecular formula is C10H16N4. The van der Waals surface area contributed by atoms with Gasteiger partial charge in [-0.05, 0) is 18.9 Å². The van der Waals surface area contributed by atoms with Crippen LogP contribution in [0.5, 0.6) is 0 Å². The van der Waals surface area contributed by atoms with Gasteiger partial charge in [-0.2, -0.15) is 5.10 Å². The zero-order valence-electron chi connectivity index (χ0n) is 8.54. The molecule has 0 radical (unpaired) electrons. The minimum absolute atomic E-state index is 0.516. The van der Waals surface area contributed by atoms with Crippen LogP contribution in [0, 0.1) is 6.92 Å². The van der Waals surface area contributed by atoms with Crippen molar-refractivity contribution in [3.8, 4) is 0 Å². The van der Waals surface area contributed by atoms with E-state index in [1.54, 1.807) is 0 Å². The van der Waals surface area contributed by atoms with E-state index >= 15 is 0 Å². The lowest BCUT2D eigenvalue weighted by Gasteiger charge is -2.10. The smallest absolute Gasteiger partial charge is 0.167 e. The lowest BCUT2D eigenvalue weighted by molar-refractivity contribution is 0.994. The maximum absolute atomic E-state index is 5.32. The number of hydrogen-bond acceptors (Lipinski definition) is 3. The molecule has 0 amide bonds. The summed E-state index contributed by atoms with van der Waals surface area (Å²) in [6.45, 7) is 4.14. The Morgan fingerprint density at radius 3 is 2.71 bits per heavy atom. The number of rotatable bonds is 2. The van der Waals surface area contributed by atoms with Crippen molar-refractivity contribution in [1.29, 1.82) is 0 Å². The maximum atomic E-state index is 5.32. The van der Waals surface area contributed by atoms with Crippen LogP contribution in [0.4, 0.5) is 0 Å². The summed E-state index contributed by atoms with van der Waals surface area (Å²) in [5, 5.41) is 3.60. The highest BCUT2D eigenvalue weighted by Gasteiger charge is 2.06. The Morgan fingerprint density at radius 1 is 1.50 bits per heavy atom. The van der Waals surface area contributed by atoms with E-state index in [-0.39, 0.29) is 0 Å². The lowest BCUT2D eigenvalue weighted by Crippen LogP contribution is -2.32. The molecule has 0 spiro atoms. The Bertz CT molecular complexity index is 344. The summed E-state index contributed by atoms with van der Waals surface area (Å²) >= 11 is 0. The molecule has 0 heterocycles. The molecule has 0 aliphatic carbocycles. The Kier molecular flexibility index (Phi) is 3.48. The third-order valence-corrected chi connectivity index (χ3v) is 2.16. The number of benzene rings is 1. The first-order chi connectivity index (χ1) is 6.72. The van der Waals surface area contributed by atoms with Gasteiger partial charge in [0.1, 0.15) is 0 Å². The van der Waals surface area contributed by atoms with Crippen LogP contribution in [0.1, 0.15) is 23.6 Å². The van der Waals surface area contributed by atoms with Crippen molar-refractivity contribution < 1.29 is 0 Å². The average molecular weight is 192 g/mol. The normalized spacial score (nSPS) is 11.5. The fraction of sp³-hybridized carbons (Fsp3) is 0.300. The van der Waals surface area contributed by atoms with Gasteiger partial charge >= 0.3 is 0 Å². The van der Waals surface area contributed by atoms with Crippen LogP contribution < -0.4 is 17.1 Å². The van der Waals surface area contributed by atoms with Gasteiger partial charge < -0.3 is 11.3 Å². The van der Waals surface area contributed by atoms with Crippen LogP contribution in [-0.2, 0) is 6.42 Å². The molecule has 5 N–H and O–H groups in total. The summed E-state index contributed by atoms with van der Waals surface area (Å²) in [6.07, 6.45) is 0.928. The molecule has 14 heavy (non-hydrogen) atoms. The number of nitrogens with two attached hydrogens (primary N) is 2. The number of amidine groups is 1. The number of hydrogen-bond donors (Lipinski definition) is 3. The summed E-state index contributed by atoms with van der Waals surface area (Å²) in [5.74, 6) is 11.1. The third kappa shape index (κ3) is 2.03. The molecule has 4 heteroatoms. The number of hydrazone groups is 1. The third-order valence-electron chi connectivity index (χ3n) is 2.16. The van der Waals surface area contributed by atoms with Gasteiger partial charge in [0.15, 0.2) is 5.84 Å². The number of nitrogens with zero attached hydrogens (tertiary/aromatic N) is 1. The Labute approximate surface area is 84.0 Å². The highest BCUT2D eigenvalue weighted by Crippen LogP contribution is 2.12. The van der Waals surface area contributed by atoms with Gasteiger partial charge in [0.25, 0.3) is 0 Å². The molecule has 1 rings (SSSR count). The van der Waals surface area contributed by atoms with E-state index < -0.39 is 0 Å². The first kappa shape index (κ1) is 10.5. The van der Waals surface area contributed by atoms with Crippen molar-refractivity contribution in [1.82, 2.24) is 5.43 Å². The SMILES string of the molecule is CCc1cc(C)ccc1/C(=N/N)NN. The second kappa shape index (κ2) is 4.62. The Balaban J connectivity index is 3.20. The molecular weight excluding hydrogens is 176 g/mol. The zero-order valence-corrected chi connectivity index (χ0v) is 8.54. The van der Waals surface area contributed by atoms with Gasteiger partial charge in [0.2, 0.25) is 0 Å². The second-order valence-corrected chi connectivity index (χ2v) is 3.14. The summed E-state index contributed by atoms with van der Waals surface area (Å²) in [4.78, 5) is 0. The van der Waals surface area contributed by atoms with Crippen LogP contribution in [0.25, 0.3) is 0 Å². The Hall–Kier alpha value is -1.55. The maximum Gasteiger partial charge on any atom is 0.167 e. The molecule has 1 aromatic carbocycles. The largest absolute Gasteiger partial charge is 0.321 e. The van der Waals surface area contributed by atoms with Gasteiger partial charge in [0.05, 0.1) is 0 Å². The van der Waals surface area contributed by atoms with Crippen LogP contribution in [-0.4, -0.2) is 5.84 Å². The van der Waals surface area contributed by atoms with E-state index in [1.807, 2.05) is 12.1 Å². The minimum atomic E-state index is 0.516. The van der Waals surface area contributed by atoms with Gasteiger partial charge in [0, 0.05) is 5.56 Å². The molecule has 0 fully saturated rings. The van der Waals surface area contributed by atoms with E-state index in [0.717, 1.165) is 12.0 Å². The zero-order chi connectivity index (χ0) is 10.6. The Morgan fingerprint density at radius 2 is 2.21 bits per heavy atom. The summed E-state index contributed by atoms with van der Waals surface area (Å²) in [6, 6.07) is 6.09. The van der Waals surface area contributed by atoms with E-state index in [0.29, 0.717) is 5.84 Å². The molecule has 1 aromatic rings. The minimum Gasteiger partial charge on any atom is -0.321 e. The number of aryl methyl sites for hydroxylation is 2. The summed E-state index contributed by atoms with van der Waals surface area (Å²) in [7, 11) is 0. The molecule has 0 saturated carbocycles. The standard InChI is InChI=1S/C10H16N4/c1-3-8-6-7(2)4-5-9(8)10(13-11)14-12/h4-6H,3,11-12H2,1-2H3,(H,13,14). The van der Waals surface area contributed by atoms with E-state index in [2.05, 4.69) is 30.4 Å². The molecule has 0 unspecified atom stereocenters. The predicted octanol–water partition coefficient (Wildman–Crippen LogP) is 0.641. The lowest BCUT2D eigenvalue weighted by atomic mass is 10.0. The number of hydrazine groups is 1. The van der Waals surface area contributed by atoms with E-state index in [9.17, 15) is 0 Å². The summed E-state index contributed by atoms with van der Waals surface area (Å²) < 4.78 is 0. The van der Waals surface area contributed by atoms with Crippen LogP contribution in [0.2, 0.25) is 0 Å². The van der Waals surface area contributed by atoms with Crippen molar-refractivity contribution in [3.05, 3.63) is 34.9 Å². The fourth-order valence-corrected chi connectivity index (χ4v) is 1.43. The quantitative estimate of drug-likeness (QED) is 0.278. The second-order valence-electron chi connectivity index (χ2n) is 3.14. The van der Waals surface area contributed by atoms with Crippen molar-refractivity contribution in [3.63, 3.8) is 0 Å². The average Bonchev–Trinajstić information content (AvgIpc) is 2.21. The molecule has 0 aromatic heterocycles. The molecule has 0 aliphatic rings. The van der Waals surface area contributed by atoms with Crippen molar-refractivity contribution in [2.75, 3.05) is 0 Å². The first-order valence-electron chi connectivity index (χ1n) is 4.57. The van der Waals surface area contributed by atoms with Crippen molar-refractivity contribution in [2.45, 2.75) is 20.3 Å². The van der Waals surface area contributed by atoms with Gasteiger partial charge in [-0.1, -0.05) is 30.7 Å². The van der Waals surface area contributed by atoms with Crippen LogP contribution in [0.3, 0.4) is 0 Å². The van der Waals surface area contributed by atoms with E-state index in [4.69, 9.17) is 11.7 Å². The summed E-state index contributed by atoms with van der Waals surface area (Å²) in [5.41, 5.74) is 5.86. The number of nitrogens with one attached hydrogen (secondary N) is 1. The molecule has 4 nitrogen and oxygen atoms in total. The predicted molar refractivity (Wildman–Crippen MR) is 58.6 cm³/mol. The van der Waals surface area contributed by atoms with Gasteiger partial charge in [-0.3, -0.25) is 0 Å². The van der Waals surface area contributed by atoms with Crippen LogP contribution >= 0.6 is 0 Å². The van der Waals surface area contributed by atoms with Crippen molar-refractivity contribution >= 4 is 5.84 Å². The molecule has 0 bridgehead atoms. The van der Waals surface area contributed by atoms with Gasteiger partial charge in [-0.25, -0.2) is 5.84 Å². The highest BCUT2D eigenvalue weighted by atomic mass is 15.3. The highest BCUT2D eigenvalue weighted by molar-refractivity contribution is 5.99. The fourth-order valence-electron chi connectivity index (χ4n) is 1.43. The topological polar surface area (TPSA) is 76.4 Å². The van der Waals surface area contributed by atoms with Crippen molar-refractivity contribution in [2.24, 2.45) is 16.8 Å². The molecule has 76 valence electrons. The molecule has 0 atom stereocenters.